The van der Waals surface area contributed by atoms with Gasteiger partial charge in [-0.15, -0.1) is 0 Å². The van der Waals surface area contributed by atoms with Gasteiger partial charge in [0.15, 0.2) is 0 Å². The average molecular weight is 395 g/mol. The number of carbonyl (C=O) groups excluding carboxylic acids is 1. The first kappa shape index (κ1) is 18.6. The first-order valence-electron chi connectivity index (χ1n) is 6.48. The van der Waals surface area contributed by atoms with Crippen LogP contribution in [0.1, 0.15) is 11.1 Å². The van der Waals surface area contributed by atoms with Crippen molar-refractivity contribution in [1.29, 1.82) is 0 Å². The summed E-state index contributed by atoms with van der Waals surface area (Å²) in [5.74, 6) is -0.613. The predicted molar refractivity (Wildman–Crippen MR) is 90.6 cm³/mol. The normalized spacial score (nSPS) is 11.8. The number of anilines is 1. The number of hydrogen-bond donors (Lipinski definition) is 1. The Morgan fingerprint density at radius 3 is 2.21 bits per heavy atom. The van der Waals surface area contributed by atoms with Crippen molar-refractivity contribution < 1.29 is 18.0 Å². The van der Waals surface area contributed by atoms with E-state index in [2.05, 4.69) is 5.32 Å². The van der Waals surface area contributed by atoms with Crippen LogP contribution >= 0.6 is 34.8 Å². The number of benzene rings is 2. The zero-order valence-electron chi connectivity index (χ0n) is 11.8. The standard InChI is InChI=1S/C16H9Cl3F3NO/c17-11-6-5-10(16(20,21)22)8-9(11)4-7-14(24)23-15-12(18)2-1-3-13(15)19/h1-8H,(H,23,24)/b7-4+. The minimum absolute atomic E-state index is 0.0619. The maximum atomic E-state index is 12.7. The van der Waals surface area contributed by atoms with Gasteiger partial charge in [0.2, 0.25) is 5.91 Å². The van der Waals surface area contributed by atoms with Crippen LogP contribution in [-0.2, 0) is 11.0 Å². The minimum Gasteiger partial charge on any atom is -0.320 e. The summed E-state index contributed by atoms with van der Waals surface area (Å²) < 4.78 is 38.1. The van der Waals surface area contributed by atoms with Crippen LogP contribution in [0.25, 0.3) is 6.08 Å². The summed E-state index contributed by atoms with van der Waals surface area (Å²) in [5, 5.41) is 3.02. The van der Waals surface area contributed by atoms with Gasteiger partial charge in [0.05, 0.1) is 21.3 Å². The van der Waals surface area contributed by atoms with E-state index in [4.69, 9.17) is 34.8 Å². The third-order valence-electron chi connectivity index (χ3n) is 2.95. The zero-order chi connectivity index (χ0) is 17.9. The van der Waals surface area contributed by atoms with E-state index in [1.807, 2.05) is 0 Å². The second-order valence-electron chi connectivity index (χ2n) is 4.65. The van der Waals surface area contributed by atoms with Crippen LogP contribution in [0.2, 0.25) is 15.1 Å². The summed E-state index contributed by atoms with van der Waals surface area (Å²) in [6.07, 6.45) is -2.28. The molecule has 0 saturated heterocycles. The van der Waals surface area contributed by atoms with Crippen molar-refractivity contribution in [2.45, 2.75) is 6.18 Å². The summed E-state index contributed by atoms with van der Waals surface area (Å²) in [4.78, 5) is 11.9. The molecule has 2 aromatic carbocycles. The van der Waals surface area contributed by atoms with Crippen LogP contribution in [0.15, 0.2) is 42.5 Å². The van der Waals surface area contributed by atoms with Gasteiger partial charge in [-0.25, -0.2) is 0 Å². The van der Waals surface area contributed by atoms with Crippen molar-refractivity contribution in [3.05, 3.63) is 68.7 Å². The molecular weight excluding hydrogens is 386 g/mol. The molecule has 126 valence electrons. The monoisotopic (exact) mass is 393 g/mol. The van der Waals surface area contributed by atoms with Gasteiger partial charge < -0.3 is 5.32 Å². The lowest BCUT2D eigenvalue weighted by Crippen LogP contribution is -2.09. The van der Waals surface area contributed by atoms with Gasteiger partial charge in [0, 0.05) is 11.1 Å². The molecule has 1 amide bonds. The number of hydrogen-bond acceptors (Lipinski definition) is 1. The summed E-state index contributed by atoms with van der Waals surface area (Å²) >= 11 is 17.7. The van der Waals surface area contributed by atoms with Gasteiger partial charge in [0.1, 0.15) is 0 Å². The average Bonchev–Trinajstić information content (AvgIpc) is 2.49. The molecule has 0 aliphatic heterocycles. The molecule has 1 N–H and O–H groups in total. The van der Waals surface area contributed by atoms with Crippen molar-refractivity contribution >= 4 is 52.5 Å². The third kappa shape index (κ3) is 4.66. The Morgan fingerprint density at radius 2 is 1.62 bits per heavy atom. The van der Waals surface area contributed by atoms with Crippen molar-refractivity contribution in [3.8, 4) is 0 Å². The topological polar surface area (TPSA) is 29.1 Å². The molecule has 0 heterocycles. The van der Waals surface area contributed by atoms with E-state index >= 15 is 0 Å². The summed E-state index contributed by atoms with van der Waals surface area (Å²) in [6.45, 7) is 0. The molecule has 0 bridgehead atoms. The molecule has 24 heavy (non-hydrogen) atoms. The maximum absolute atomic E-state index is 12.7. The Bertz CT molecular complexity index is 783. The molecule has 0 spiro atoms. The summed E-state index contributed by atoms with van der Waals surface area (Å²) in [6, 6.07) is 7.52. The van der Waals surface area contributed by atoms with E-state index in [9.17, 15) is 18.0 Å². The highest BCUT2D eigenvalue weighted by Crippen LogP contribution is 2.32. The highest BCUT2D eigenvalue weighted by molar-refractivity contribution is 6.40. The fraction of sp³-hybridized carbons (Fsp3) is 0.0625. The number of halogens is 6. The van der Waals surface area contributed by atoms with Crippen LogP contribution in [0.4, 0.5) is 18.9 Å². The molecule has 2 nitrogen and oxygen atoms in total. The Hall–Kier alpha value is -1.69. The fourth-order valence-corrected chi connectivity index (χ4v) is 2.47. The molecule has 0 aliphatic carbocycles. The predicted octanol–water partition coefficient (Wildman–Crippen LogP) is 6.32. The van der Waals surface area contributed by atoms with E-state index in [0.717, 1.165) is 24.3 Å². The molecule has 0 radical (unpaired) electrons. The van der Waals surface area contributed by atoms with Gasteiger partial charge in [0.25, 0.3) is 0 Å². The first-order valence-corrected chi connectivity index (χ1v) is 7.61. The number of rotatable bonds is 3. The lowest BCUT2D eigenvalue weighted by atomic mass is 10.1. The number of alkyl halides is 3. The molecule has 0 atom stereocenters. The van der Waals surface area contributed by atoms with Crippen LogP contribution in [0.5, 0.6) is 0 Å². The number of carbonyl (C=O) groups is 1. The van der Waals surface area contributed by atoms with Crippen molar-refractivity contribution in [2.24, 2.45) is 0 Å². The molecule has 0 saturated carbocycles. The maximum Gasteiger partial charge on any atom is 0.416 e. The second-order valence-corrected chi connectivity index (χ2v) is 5.87. The van der Waals surface area contributed by atoms with Gasteiger partial charge in [-0.05, 0) is 42.0 Å². The Kier molecular flexibility index (Phi) is 5.80. The van der Waals surface area contributed by atoms with E-state index in [0.29, 0.717) is 0 Å². The highest BCUT2D eigenvalue weighted by atomic mass is 35.5. The van der Waals surface area contributed by atoms with Gasteiger partial charge in [-0.1, -0.05) is 40.9 Å². The largest absolute Gasteiger partial charge is 0.416 e. The summed E-state index contributed by atoms with van der Waals surface area (Å²) in [7, 11) is 0. The molecule has 2 aromatic rings. The Labute approximate surface area is 150 Å². The third-order valence-corrected chi connectivity index (χ3v) is 3.92. The van der Waals surface area contributed by atoms with E-state index in [1.54, 1.807) is 6.07 Å². The molecule has 2 rings (SSSR count). The zero-order valence-corrected chi connectivity index (χ0v) is 14.1. The van der Waals surface area contributed by atoms with Crippen LogP contribution in [0.3, 0.4) is 0 Å². The molecule has 0 unspecified atom stereocenters. The first-order chi connectivity index (χ1) is 11.2. The number of amides is 1. The van der Waals surface area contributed by atoms with Crippen LogP contribution in [-0.4, -0.2) is 5.91 Å². The second kappa shape index (κ2) is 7.47. The van der Waals surface area contributed by atoms with Crippen molar-refractivity contribution in [1.82, 2.24) is 0 Å². The SMILES string of the molecule is O=C(/C=C/c1cc(C(F)(F)F)ccc1Cl)Nc1c(Cl)cccc1Cl. The van der Waals surface area contributed by atoms with E-state index < -0.39 is 17.6 Å². The highest BCUT2D eigenvalue weighted by Gasteiger charge is 2.30. The number of para-hydroxylation sites is 1. The summed E-state index contributed by atoms with van der Waals surface area (Å²) in [5.41, 5.74) is -0.585. The Balaban J connectivity index is 2.20. The number of nitrogens with one attached hydrogen (secondary N) is 1. The van der Waals surface area contributed by atoms with Gasteiger partial charge in [-0.2, -0.15) is 13.2 Å². The van der Waals surface area contributed by atoms with E-state index in [-0.39, 0.29) is 26.3 Å². The molecule has 0 aromatic heterocycles. The van der Waals surface area contributed by atoms with Crippen LogP contribution < -0.4 is 5.32 Å². The van der Waals surface area contributed by atoms with Crippen molar-refractivity contribution in [3.63, 3.8) is 0 Å². The molecule has 0 fully saturated rings. The molecule has 0 aliphatic rings. The van der Waals surface area contributed by atoms with Gasteiger partial charge in [-0.3, -0.25) is 4.79 Å². The minimum atomic E-state index is -4.50. The van der Waals surface area contributed by atoms with Crippen molar-refractivity contribution in [2.75, 3.05) is 5.32 Å². The van der Waals surface area contributed by atoms with Gasteiger partial charge >= 0.3 is 6.18 Å². The van der Waals surface area contributed by atoms with E-state index in [1.165, 1.54) is 18.2 Å². The fourth-order valence-electron chi connectivity index (χ4n) is 1.80. The Morgan fingerprint density at radius 1 is 1.00 bits per heavy atom. The lowest BCUT2D eigenvalue weighted by molar-refractivity contribution is -0.137. The lowest BCUT2D eigenvalue weighted by Gasteiger charge is -2.09. The smallest absolute Gasteiger partial charge is 0.320 e. The quantitative estimate of drug-likeness (QED) is 0.607. The van der Waals surface area contributed by atoms with Crippen LogP contribution in [0, 0.1) is 0 Å². The molecule has 8 heteroatoms. The molecular formula is C16H9Cl3F3NO.